The van der Waals surface area contributed by atoms with E-state index in [1.165, 1.54) is 19.2 Å². The predicted molar refractivity (Wildman–Crippen MR) is 105 cm³/mol. The largest absolute Gasteiger partial charge is 0.495 e. The highest BCUT2D eigenvalue weighted by atomic mass is 32.2. The average Bonchev–Trinajstić information content (AvgIpc) is 2.65. The summed E-state index contributed by atoms with van der Waals surface area (Å²) in [6.07, 6.45) is 0. The molecule has 2 rings (SSSR count). The Balaban J connectivity index is 2.37. The topological polar surface area (TPSA) is 75.7 Å². The number of ether oxygens (including phenoxy) is 1. The molecule has 0 aliphatic rings. The first kappa shape index (κ1) is 20.9. The Bertz CT molecular complexity index is 880. The van der Waals surface area contributed by atoms with Crippen molar-refractivity contribution in [3.63, 3.8) is 0 Å². The molecule has 1 N–H and O–H groups in total. The van der Waals surface area contributed by atoms with E-state index in [1.807, 2.05) is 37.3 Å². The van der Waals surface area contributed by atoms with Gasteiger partial charge in [0.2, 0.25) is 10.0 Å². The van der Waals surface area contributed by atoms with E-state index in [2.05, 4.69) is 4.72 Å². The van der Waals surface area contributed by atoms with Gasteiger partial charge in [-0.05, 0) is 44.5 Å². The molecule has 6 nitrogen and oxygen atoms in total. The summed E-state index contributed by atoms with van der Waals surface area (Å²) in [4.78, 5) is 14.6. The fourth-order valence-electron chi connectivity index (χ4n) is 2.71. The van der Waals surface area contributed by atoms with E-state index in [4.69, 9.17) is 4.74 Å². The standard InChI is InChI=1S/C20H26N2O4S/c1-5-22(14-16-9-7-6-8-10-16)20(23)17-11-12-18(26-4)19(13-17)27(24,25)21-15(2)3/h6-13,15,21H,5,14H2,1-4H3. The van der Waals surface area contributed by atoms with Gasteiger partial charge >= 0.3 is 0 Å². The van der Waals surface area contributed by atoms with Crippen LogP contribution in [0.1, 0.15) is 36.7 Å². The number of methoxy groups -OCH3 is 1. The van der Waals surface area contributed by atoms with Crippen molar-refractivity contribution in [2.45, 2.75) is 38.3 Å². The van der Waals surface area contributed by atoms with E-state index in [-0.39, 0.29) is 22.6 Å². The Kier molecular flexibility index (Phi) is 6.98. The van der Waals surface area contributed by atoms with Crippen LogP contribution in [0.25, 0.3) is 0 Å². The Morgan fingerprint density at radius 1 is 1.15 bits per heavy atom. The zero-order chi connectivity index (χ0) is 20.0. The monoisotopic (exact) mass is 390 g/mol. The molecule has 146 valence electrons. The van der Waals surface area contributed by atoms with Gasteiger partial charge in [0.25, 0.3) is 5.91 Å². The summed E-state index contributed by atoms with van der Waals surface area (Å²) in [5.74, 6) is -0.0317. The zero-order valence-corrected chi connectivity index (χ0v) is 16.9. The maximum Gasteiger partial charge on any atom is 0.254 e. The quantitative estimate of drug-likeness (QED) is 0.752. The van der Waals surface area contributed by atoms with Gasteiger partial charge in [0.05, 0.1) is 7.11 Å². The number of nitrogens with one attached hydrogen (secondary N) is 1. The number of rotatable bonds is 8. The second kappa shape index (κ2) is 9.01. The SMILES string of the molecule is CCN(Cc1ccccc1)C(=O)c1ccc(OC)c(S(=O)(=O)NC(C)C)c1. The third-order valence-electron chi connectivity index (χ3n) is 3.98. The minimum absolute atomic E-state index is 0.0414. The molecule has 0 spiro atoms. The molecule has 0 saturated heterocycles. The normalized spacial score (nSPS) is 11.4. The minimum Gasteiger partial charge on any atom is -0.495 e. The van der Waals surface area contributed by atoms with Crippen LogP contribution in [0.2, 0.25) is 0 Å². The van der Waals surface area contributed by atoms with E-state index in [9.17, 15) is 13.2 Å². The van der Waals surface area contributed by atoms with E-state index >= 15 is 0 Å². The maximum atomic E-state index is 13.0. The van der Waals surface area contributed by atoms with E-state index in [0.717, 1.165) is 5.56 Å². The van der Waals surface area contributed by atoms with Crippen molar-refractivity contribution < 1.29 is 17.9 Å². The van der Waals surface area contributed by atoms with Crippen LogP contribution in [0.4, 0.5) is 0 Å². The van der Waals surface area contributed by atoms with Gasteiger partial charge in [-0.1, -0.05) is 30.3 Å². The first-order chi connectivity index (χ1) is 12.8. The summed E-state index contributed by atoms with van der Waals surface area (Å²) in [5.41, 5.74) is 1.31. The highest BCUT2D eigenvalue weighted by Gasteiger charge is 2.24. The Morgan fingerprint density at radius 3 is 2.37 bits per heavy atom. The fourth-order valence-corrected chi connectivity index (χ4v) is 4.15. The maximum absolute atomic E-state index is 13.0. The second-order valence-electron chi connectivity index (χ2n) is 6.45. The summed E-state index contributed by atoms with van der Waals surface area (Å²) in [5, 5.41) is 0. The van der Waals surface area contributed by atoms with Gasteiger partial charge in [-0.15, -0.1) is 0 Å². The van der Waals surface area contributed by atoms with Gasteiger partial charge < -0.3 is 9.64 Å². The Labute approximate surface area is 161 Å². The molecule has 0 aliphatic carbocycles. The summed E-state index contributed by atoms with van der Waals surface area (Å²) in [6.45, 7) is 6.32. The smallest absolute Gasteiger partial charge is 0.254 e. The molecule has 27 heavy (non-hydrogen) atoms. The van der Waals surface area contributed by atoms with Crippen LogP contribution in [0.3, 0.4) is 0 Å². The highest BCUT2D eigenvalue weighted by Crippen LogP contribution is 2.26. The molecule has 0 unspecified atom stereocenters. The van der Waals surface area contributed by atoms with Crippen LogP contribution < -0.4 is 9.46 Å². The second-order valence-corrected chi connectivity index (χ2v) is 8.13. The molecular formula is C20H26N2O4S. The van der Waals surface area contributed by atoms with Gasteiger partial charge in [-0.2, -0.15) is 0 Å². The van der Waals surface area contributed by atoms with Crippen LogP contribution in [0.15, 0.2) is 53.4 Å². The molecule has 1 amide bonds. The summed E-state index contributed by atoms with van der Waals surface area (Å²) < 4.78 is 32.9. The van der Waals surface area contributed by atoms with Crippen molar-refractivity contribution in [3.05, 3.63) is 59.7 Å². The lowest BCUT2D eigenvalue weighted by molar-refractivity contribution is 0.0752. The van der Waals surface area contributed by atoms with E-state index in [1.54, 1.807) is 24.8 Å². The lowest BCUT2D eigenvalue weighted by Crippen LogP contribution is -2.32. The molecule has 2 aromatic carbocycles. The molecule has 2 aromatic rings. The third-order valence-corrected chi connectivity index (χ3v) is 5.66. The van der Waals surface area contributed by atoms with Crippen molar-refractivity contribution in [2.24, 2.45) is 0 Å². The zero-order valence-electron chi connectivity index (χ0n) is 16.1. The van der Waals surface area contributed by atoms with E-state index in [0.29, 0.717) is 18.7 Å². The molecule has 0 saturated carbocycles. The fraction of sp³-hybridized carbons (Fsp3) is 0.350. The molecule has 0 aromatic heterocycles. The molecular weight excluding hydrogens is 364 g/mol. The third kappa shape index (κ3) is 5.30. The van der Waals surface area contributed by atoms with Gasteiger partial charge in [0.15, 0.2) is 0 Å². The Morgan fingerprint density at radius 2 is 1.81 bits per heavy atom. The first-order valence-electron chi connectivity index (χ1n) is 8.82. The minimum atomic E-state index is -3.80. The average molecular weight is 391 g/mol. The number of hydrogen-bond donors (Lipinski definition) is 1. The lowest BCUT2D eigenvalue weighted by atomic mass is 10.1. The molecule has 7 heteroatoms. The molecule has 0 bridgehead atoms. The molecule has 0 fully saturated rings. The van der Waals surface area contributed by atoms with Gasteiger partial charge in [-0.25, -0.2) is 13.1 Å². The number of nitrogens with zero attached hydrogens (tertiary/aromatic N) is 1. The van der Waals surface area contributed by atoms with Crippen molar-refractivity contribution in [1.82, 2.24) is 9.62 Å². The summed E-state index contributed by atoms with van der Waals surface area (Å²) in [7, 11) is -2.39. The van der Waals surface area contributed by atoms with Gasteiger partial charge in [0.1, 0.15) is 10.6 Å². The number of sulfonamides is 1. The number of carbonyl (C=O) groups excluding carboxylic acids is 1. The Hall–Kier alpha value is -2.38. The van der Waals surface area contributed by atoms with Crippen LogP contribution in [0.5, 0.6) is 5.75 Å². The summed E-state index contributed by atoms with van der Waals surface area (Å²) >= 11 is 0. The van der Waals surface area contributed by atoms with Crippen LogP contribution in [0, 0.1) is 0 Å². The van der Waals surface area contributed by atoms with Crippen LogP contribution in [-0.4, -0.2) is 38.9 Å². The highest BCUT2D eigenvalue weighted by molar-refractivity contribution is 7.89. The van der Waals surface area contributed by atoms with Crippen molar-refractivity contribution >= 4 is 15.9 Å². The molecule has 0 heterocycles. The van der Waals surface area contributed by atoms with Crippen molar-refractivity contribution in [1.29, 1.82) is 0 Å². The van der Waals surface area contributed by atoms with Crippen molar-refractivity contribution in [2.75, 3.05) is 13.7 Å². The first-order valence-corrected chi connectivity index (χ1v) is 10.3. The lowest BCUT2D eigenvalue weighted by Gasteiger charge is -2.22. The predicted octanol–water partition coefficient (Wildman–Crippen LogP) is 3.04. The van der Waals surface area contributed by atoms with Gasteiger partial charge in [0, 0.05) is 24.7 Å². The molecule has 0 atom stereocenters. The van der Waals surface area contributed by atoms with Crippen LogP contribution in [-0.2, 0) is 16.6 Å². The van der Waals surface area contributed by atoms with Gasteiger partial charge in [-0.3, -0.25) is 4.79 Å². The summed E-state index contributed by atoms with van der Waals surface area (Å²) in [6, 6.07) is 13.9. The number of hydrogen-bond acceptors (Lipinski definition) is 4. The van der Waals surface area contributed by atoms with E-state index < -0.39 is 10.0 Å². The molecule has 0 radical (unpaired) electrons. The number of carbonyl (C=O) groups is 1. The van der Waals surface area contributed by atoms with Crippen molar-refractivity contribution in [3.8, 4) is 5.75 Å². The van der Waals surface area contributed by atoms with Crippen LogP contribution >= 0.6 is 0 Å². The number of amides is 1. The number of benzene rings is 2. The molecule has 0 aliphatic heterocycles.